The van der Waals surface area contributed by atoms with E-state index in [1.54, 1.807) is 24.3 Å². The molecular formula is C29H27ClN4O3. The number of nitrogens with zero attached hydrogens (tertiary/aromatic N) is 2. The van der Waals surface area contributed by atoms with Crippen LogP contribution in [0.15, 0.2) is 84.0 Å². The Morgan fingerprint density at radius 1 is 0.946 bits per heavy atom. The molecule has 0 fully saturated rings. The highest BCUT2D eigenvalue weighted by molar-refractivity contribution is 6.39. The summed E-state index contributed by atoms with van der Waals surface area (Å²) in [5, 5.41) is 7.21. The van der Waals surface area contributed by atoms with E-state index in [0.29, 0.717) is 23.1 Å². The maximum absolute atomic E-state index is 12.3. The number of amides is 2. The van der Waals surface area contributed by atoms with E-state index in [4.69, 9.17) is 16.3 Å². The topological polar surface area (TPSA) is 84.7 Å². The molecule has 3 aromatic carbocycles. The highest BCUT2D eigenvalue weighted by Gasteiger charge is 2.14. The van der Waals surface area contributed by atoms with Gasteiger partial charge < -0.3 is 14.6 Å². The van der Waals surface area contributed by atoms with Crippen molar-refractivity contribution < 1.29 is 14.3 Å². The Hall–Kier alpha value is -4.36. The van der Waals surface area contributed by atoms with Crippen LogP contribution in [-0.2, 0) is 16.2 Å². The molecule has 4 aromatic rings. The Kier molecular flexibility index (Phi) is 8.05. The van der Waals surface area contributed by atoms with Crippen LogP contribution in [0.2, 0.25) is 5.02 Å². The van der Waals surface area contributed by atoms with E-state index in [1.807, 2.05) is 75.4 Å². The van der Waals surface area contributed by atoms with E-state index in [9.17, 15) is 9.59 Å². The molecule has 8 heteroatoms. The molecule has 0 bridgehead atoms. The summed E-state index contributed by atoms with van der Waals surface area (Å²) in [6.45, 7) is 6.31. The summed E-state index contributed by atoms with van der Waals surface area (Å²) in [6.07, 6.45) is 1.51. The summed E-state index contributed by atoms with van der Waals surface area (Å²) in [7, 11) is 0. The summed E-state index contributed by atoms with van der Waals surface area (Å²) in [5.41, 5.74) is 8.46. The molecule has 0 aliphatic rings. The van der Waals surface area contributed by atoms with Crippen molar-refractivity contribution in [1.82, 2.24) is 9.99 Å². The van der Waals surface area contributed by atoms with Crippen LogP contribution in [0.4, 0.5) is 5.69 Å². The number of ether oxygens (including phenoxy) is 1. The van der Waals surface area contributed by atoms with Crippen molar-refractivity contribution in [1.29, 1.82) is 0 Å². The molecule has 1 aromatic heterocycles. The number of anilines is 1. The predicted octanol–water partition coefficient (Wildman–Crippen LogP) is 5.72. The summed E-state index contributed by atoms with van der Waals surface area (Å²) >= 11 is 6.29. The second-order valence-electron chi connectivity index (χ2n) is 8.55. The van der Waals surface area contributed by atoms with Gasteiger partial charge in [-0.15, -0.1) is 0 Å². The molecule has 4 rings (SSSR count). The number of aryl methyl sites for hydroxylation is 2. The average molecular weight is 515 g/mol. The number of rotatable bonds is 7. The van der Waals surface area contributed by atoms with Gasteiger partial charge in [0.1, 0.15) is 12.4 Å². The normalized spacial score (nSPS) is 10.9. The minimum atomic E-state index is -0.875. The van der Waals surface area contributed by atoms with Crippen molar-refractivity contribution >= 4 is 35.3 Å². The van der Waals surface area contributed by atoms with Crippen molar-refractivity contribution in [3.05, 3.63) is 112 Å². The molecule has 2 N–H and O–H groups in total. The molecule has 0 saturated heterocycles. The fraction of sp³-hybridized carbons (Fsp3) is 0.138. The van der Waals surface area contributed by atoms with Gasteiger partial charge in [0.05, 0.1) is 6.21 Å². The Morgan fingerprint density at radius 2 is 1.68 bits per heavy atom. The predicted molar refractivity (Wildman–Crippen MR) is 147 cm³/mol. The fourth-order valence-electron chi connectivity index (χ4n) is 3.81. The molecule has 0 aliphatic carbocycles. The monoisotopic (exact) mass is 514 g/mol. The number of carbonyl (C=O) groups is 2. The molecule has 0 atom stereocenters. The maximum Gasteiger partial charge on any atom is 0.329 e. The molecule has 37 heavy (non-hydrogen) atoms. The van der Waals surface area contributed by atoms with E-state index >= 15 is 0 Å². The fourth-order valence-corrected chi connectivity index (χ4v) is 3.99. The van der Waals surface area contributed by atoms with Gasteiger partial charge in [-0.1, -0.05) is 48.0 Å². The van der Waals surface area contributed by atoms with Crippen LogP contribution >= 0.6 is 11.6 Å². The first-order valence-corrected chi connectivity index (χ1v) is 12.1. The third-order valence-electron chi connectivity index (χ3n) is 5.82. The summed E-state index contributed by atoms with van der Waals surface area (Å²) < 4.78 is 7.78. The molecule has 0 saturated carbocycles. The van der Waals surface area contributed by atoms with Crippen LogP contribution in [-0.4, -0.2) is 22.6 Å². The molecule has 2 amide bonds. The van der Waals surface area contributed by atoms with Crippen molar-refractivity contribution in [2.45, 2.75) is 27.4 Å². The minimum Gasteiger partial charge on any atom is -0.489 e. The van der Waals surface area contributed by atoms with Gasteiger partial charge in [-0.3, -0.25) is 9.59 Å². The summed E-state index contributed by atoms with van der Waals surface area (Å²) in [5.74, 6) is -1.05. The SMILES string of the molecule is Cc1ccc(-n2c(C)cc(/C=N\NC(=O)C(=O)Nc3ccc(OCc4ccccc4)cc3)c2C)cc1Cl. The van der Waals surface area contributed by atoms with Crippen molar-refractivity contribution in [2.75, 3.05) is 5.32 Å². The Morgan fingerprint density at radius 3 is 2.38 bits per heavy atom. The van der Waals surface area contributed by atoms with E-state index < -0.39 is 11.8 Å². The lowest BCUT2D eigenvalue weighted by atomic mass is 10.2. The molecule has 0 aliphatic heterocycles. The molecule has 7 nitrogen and oxygen atoms in total. The van der Waals surface area contributed by atoms with Gasteiger partial charge in [0.15, 0.2) is 0 Å². The van der Waals surface area contributed by atoms with E-state index in [-0.39, 0.29) is 0 Å². The lowest BCUT2D eigenvalue weighted by Gasteiger charge is -2.11. The maximum atomic E-state index is 12.3. The number of halogens is 1. The molecule has 0 spiro atoms. The lowest BCUT2D eigenvalue weighted by Crippen LogP contribution is -2.32. The minimum absolute atomic E-state index is 0.439. The van der Waals surface area contributed by atoms with E-state index in [0.717, 1.165) is 33.8 Å². The van der Waals surface area contributed by atoms with Gasteiger partial charge >= 0.3 is 11.8 Å². The summed E-state index contributed by atoms with van der Waals surface area (Å²) in [4.78, 5) is 24.5. The van der Waals surface area contributed by atoms with Crippen LogP contribution in [0.5, 0.6) is 5.75 Å². The molecular weight excluding hydrogens is 488 g/mol. The standard InChI is InChI=1S/C29H27ClN4O3/c1-19-9-12-25(16-27(19)30)34-20(2)15-23(21(34)3)17-31-33-29(36)28(35)32-24-10-13-26(14-11-24)37-18-22-7-5-4-6-8-22/h4-17H,18H2,1-3H3,(H,32,35)(H,33,36)/b31-17-. The third kappa shape index (κ3) is 6.45. The first-order valence-electron chi connectivity index (χ1n) is 11.7. The number of carbonyl (C=O) groups excluding carboxylic acids is 2. The second kappa shape index (κ2) is 11.6. The second-order valence-corrected chi connectivity index (χ2v) is 8.95. The lowest BCUT2D eigenvalue weighted by molar-refractivity contribution is -0.136. The smallest absolute Gasteiger partial charge is 0.329 e. The highest BCUT2D eigenvalue weighted by atomic mass is 35.5. The van der Waals surface area contributed by atoms with Crippen LogP contribution in [0.1, 0.15) is 28.1 Å². The average Bonchev–Trinajstić information content (AvgIpc) is 3.18. The number of benzene rings is 3. The highest BCUT2D eigenvalue weighted by Crippen LogP contribution is 2.24. The van der Waals surface area contributed by atoms with E-state index in [2.05, 4.69) is 20.4 Å². The zero-order chi connectivity index (χ0) is 26.4. The van der Waals surface area contributed by atoms with Crippen molar-refractivity contribution in [3.8, 4) is 11.4 Å². The van der Waals surface area contributed by atoms with Crippen LogP contribution < -0.4 is 15.5 Å². The molecule has 0 unspecified atom stereocenters. The van der Waals surface area contributed by atoms with Crippen LogP contribution in [0, 0.1) is 20.8 Å². The number of hydrogen-bond donors (Lipinski definition) is 2. The van der Waals surface area contributed by atoms with Crippen molar-refractivity contribution in [2.24, 2.45) is 5.10 Å². The molecule has 188 valence electrons. The number of nitrogens with one attached hydrogen (secondary N) is 2. The van der Waals surface area contributed by atoms with Crippen molar-refractivity contribution in [3.63, 3.8) is 0 Å². The summed E-state index contributed by atoms with van der Waals surface area (Å²) in [6, 6.07) is 24.4. The Balaban J connectivity index is 1.32. The van der Waals surface area contributed by atoms with Gasteiger partial charge in [-0.2, -0.15) is 5.10 Å². The number of hydrazone groups is 1. The van der Waals surface area contributed by atoms with Gasteiger partial charge in [0.25, 0.3) is 0 Å². The quantitative estimate of drug-likeness (QED) is 0.188. The van der Waals surface area contributed by atoms with Gasteiger partial charge in [-0.25, -0.2) is 5.43 Å². The third-order valence-corrected chi connectivity index (χ3v) is 6.23. The van der Waals surface area contributed by atoms with Gasteiger partial charge in [0, 0.05) is 33.3 Å². The first-order chi connectivity index (χ1) is 17.8. The Labute approximate surface area is 220 Å². The zero-order valence-corrected chi connectivity index (χ0v) is 21.5. The first kappa shape index (κ1) is 25.7. The van der Waals surface area contributed by atoms with Crippen LogP contribution in [0.25, 0.3) is 5.69 Å². The van der Waals surface area contributed by atoms with Gasteiger partial charge in [0.2, 0.25) is 0 Å². The van der Waals surface area contributed by atoms with Crippen LogP contribution in [0.3, 0.4) is 0 Å². The number of hydrogen-bond acceptors (Lipinski definition) is 4. The number of aromatic nitrogens is 1. The Bertz CT molecular complexity index is 1440. The molecule has 1 heterocycles. The van der Waals surface area contributed by atoms with Gasteiger partial charge in [-0.05, 0) is 74.4 Å². The zero-order valence-electron chi connectivity index (χ0n) is 20.8. The largest absolute Gasteiger partial charge is 0.489 e. The molecule has 0 radical (unpaired) electrons. The van der Waals surface area contributed by atoms with E-state index in [1.165, 1.54) is 6.21 Å².